The Labute approximate surface area is 179 Å². The van der Waals surface area contributed by atoms with Gasteiger partial charge in [-0.1, -0.05) is 12.1 Å². The van der Waals surface area contributed by atoms with Crippen molar-refractivity contribution in [3.63, 3.8) is 0 Å². The van der Waals surface area contributed by atoms with Crippen LogP contribution in [-0.4, -0.2) is 71.0 Å². The highest BCUT2D eigenvalue weighted by molar-refractivity contribution is 7.16. The summed E-state index contributed by atoms with van der Waals surface area (Å²) in [5.74, 6) is -0.343. The number of halogens is 1. The Hall–Kier alpha value is -2.87. The number of thiophene rings is 1. The summed E-state index contributed by atoms with van der Waals surface area (Å²) in [6.07, 6.45) is 0. The molecule has 1 fully saturated rings. The predicted molar refractivity (Wildman–Crippen MR) is 116 cm³/mol. The van der Waals surface area contributed by atoms with Crippen molar-refractivity contribution in [2.45, 2.75) is 19.5 Å². The minimum Gasteiger partial charge on any atom is -0.334 e. The van der Waals surface area contributed by atoms with E-state index in [0.29, 0.717) is 31.9 Å². The summed E-state index contributed by atoms with van der Waals surface area (Å²) in [5.41, 5.74) is 1.41. The molecule has 2 aromatic heterocycles. The summed E-state index contributed by atoms with van der Waals surface area (Å²) in [6.45, 7) is 3.87. The van der Waals surface area contributed by atoms with Gasteiger partial charge in [-0.25, -0.2) is 9.18 Å². The SMILES string of the molecule is CC1CN(C(=O)c2cc3ccsc3n2Cc2cccc(F)c2)CCN1C(=O)N(C)C. The van der Waals surface area contributed by atoms with Gasteiger partial charge >= 0.3 is 6.03 Å². The van der Waals surface area contributed by atoms with Crippen LogP contribution in [0.3, 0.4) is 0 Å². The van der Waals surface area contributed by atoms with Crippen molar-refractivity contribution in [3.8, 4) is 0 Å². The van der Waals surface area contributed by atoms with E-state index in [-0.39, 0.29) is 23.8 Å². The lowest BCUT2D eigenvalue weighted by molar-refractivity contribution is 0.0543. The number of nitrogens with zero attached hydrogens (tertiary/aromatic N) is 4. The summed E-state index contributed by atoms with van der Waals surface area (Å²) in [4.78, 5) is 31.9. The zero-order chi connectivity index (χ0) is 21.4. The summed E-state index contributed by atoms with van der Waals surface area (Å²) >= 11 is 1.57. The molecule has 1 atom stereocenters. The van der Waals surface area contributed by atoms with Crippen LogP contribution < -0.4 is 0 Å². The number of carbonyl (C=O) groups excluding carboxylic acids is 2. The molecule has 0 spiro atoms. The number of fused-ring (bicyclic) bond motifs is 1. The molecule has 0 N–H and O–H groups in total. The maximum atomic E-state index is 13.7. The Kier molecular flexibility index (Phi) is 5.51. The third kappa shape index (κ3) is 3.79. The summed E-state index contributed by atoms with van der Waals surface area (Å²) in [5, 5.41) is 3.00. The smallest absolute Gasteiger partial charge is 0.319 e. The maximum Gasteiger partial charge on any atom is 0.319 e. The van der Waals surface area contributed by atoms with Gasteiger partial charge in [0, 0.05) is 51.7 Å². The average molecular weight is 429 g/mol. The Balaban J connectivity index is 1.60. The van der Waals surface area contributed by atoms with Crippen molar-refractivity contribution in [2.75, 3.05) is 33.7 Å². The zero-order valence-corrected chi connectivity index (χ0v) is 18.2. The van der Waals surface area contributed by atoms with Crippen molar-refractivity contribution >= 4 is 33.5 Å². The van der Waals surface area contributed by atoms with Gasteiger partial charge < -0.3 is 19.3 Å². The van der Waals surface area contributed by atoms with Gasteiger partial charge in [0.15, 0.2) is 0 Å². The van der Waals surface area contributed by atoms with Gasteiger partial charge in [-0.3, -0.25) is 4.79 Å². The highest BCUT2D eigenvalue weighted by Gasteiger charge is 2.32. The molecule has 158 valence electrons. The average Bonchev–Trinajstić information content (AvgIpc) is 3.29. The number of benzene rings is 1. The van der Waals surface area contributed by atoms with Crippen molar-refractivity contribution in [3.05, 3.63) is 58.9 Å². The molecule has 8 heteroatoms. The topological polar surface area (TPSA) is 48.8 Å². The number of urea groups is 1. The van der Waals surface area contributed by atoms with Crippen molar-refractivity contribution in [1.82, 2.24) is 19.3 Å². The maximum absolute atomic E-state index is 13.7. The Bertz CT molecular complexity index is 1090. The van der Waals surface area contributed by atoms with Crippen molar-refractivity contribution < 1.29 is 14.0 Å². The normalized spacial score (nSPS) is 16.9. The lowest BCUT2D eigenvalue weighted by Crippen LogP contribution is -2.57. The molecule has 1 unspecified atom stereocenters. The third-order valence-corrected chi connectivity index (χ3v) is 6.45. The van der Waals surface area contributed by atoms with Gasteiger partial charge in [-0.05, 0) is 42.1 Å². The number of rotatable bonds is 3. The van der Waals surface area contributed by atoms with E-state index >= 15 is 0 Å². The van der Waals surface area contributed by atoms with Crippen LogP contribution in [-0.2, 0) is 6.54 Å². The van der Waals surface area contributed by atoms with E-state index in [4.69, 9.17) is 0 Å². The van der Waals surface area contributed by atoms with E-state index in [0.717, 1.165) is 15.8 Å². The van der Waals surface area contributed by atoms with Gasteiger partial charge in [0.1, 0.15) is 16.3 Å². The van der Waals surface area contributed by atoms with Crippen LogP contribution in [0.2, 0.25) is 0 Å². The monoisotopic (exact) mass is 428 g/mol. The van der Waals surface area contributed by atoms with Crippen LogP contribution in [0.5, 0.6) is 0 Å². The number of amides is 3. The molecule has 6 nitrogen and oxygen atoms in total. The van der Waals surface area contributed by atoms with Crippen LogP contribution >= 0.6 is 11.3 Å². The molecule has 3 heterocycles. The molecule has 1 saturated heterocycles. The molecule has 0 bridgehead atoms. The fourth-order valence-corrected chi connectivity index (χ4v) is 4.87. The molecule has 3 amide bonds. The van der Waals surface area contributed by atoms with Gasteiger partial charge in [-0.2, -0.15) is 0 Å². The van der Waals surface area contributed by atoms with E-state index in [1.54, 1.807) is 41.3 Å². The molecule has 1 aromatic carbocycles. The van der Waals surface area contributed by atoms with Crippen LogP contribution in [0.1, 0.15) is 23.0 Å². The molecule has 0 radical (unpaired) electrons. The first-order chi connectivity index (χ1) is 14.3. The van der Waals surface area contributed by atoms with E-state index in [1.807, 2.05) is 40.0 Å². The molecule has 0 aliphatic carbocycles. The molecule has 0 saturated carbocycles. The summed E-state index contributed by atoms with van der Waals surface area (Å²) < 4.78 is 15.7. The number of piperazine rings is 1. The Morgan fingerprint density at radius 2 is 2.00 bits per heavy atom. The van der Waals surface area contributed by atoms with Crippen molar-refractivity contribution in [2.24, 2.45) is 0 Å². The number of aromatic nitrogens is 1. The largest absolute Gasteiger partial charge is 0.334 e. The van der Waals surface area contributed by atoms with E-state index in [2.05, 4.69) is 0 Å². The number of carbonyl (C=O) groups is 2. The van der Waals surface area contributed by atoms with E-state index in [9.17, 15) is 14.0 Å². The first kappa shape index (κ1) is 20.4. The predicted octanol–water partition coefficient (Wildman–Crippen LogP) is 3.72. The van der Waals surface area contributed by atoms with Crippen LogP contribution in [0.15, 0.2) is 41.8 Å². The van der Waals surface area contributed by atoms with E-state index < -0.39 is 0 Å². The third-order valence-electron chi connectivity index (χ3n) is 5.49. The molecular weight excluding hydrogens is 403 g/mol. The fraction of sp³-hybridized carbons (Fsp3) is 0.364. The molecule has 3 aromatic rings. The first-order valence-corrected chi connectivity index (χ1v) is 10.8. The van der Waals surface area contributed by atoms with E-state index in [1.165, 1.54) is 12.1 Å². The van der Waals surface area contributed by atoms with Gasteiger partial charge in [0.2, 0.25) is 0 Å². The second kappa shape index (κ2) is 8.10. The lowest BCUT2D eigenvalue weighted by Gasteiger charge is -2.40. The Morgan fingerprint density at radius 1 is 1.20 bits per heavy atom. The highest BCUT2D eigenvalue weighted by Crippen LogP contribution is 2.28. The second-order valence-electron chi connectivity index (χ2n) is 7.90. The minimum atomic E-state index is -0.287. The van der Waals surface area contributed by atoms with Gasteiger partial charge in [0.25, 0.3) is 5.91 Å². The molecular formula is C22H25FN4O2S. The first-order valence-electron chi connectivity index (χ1n) is 9.93. The van der Waals surface area contributed by atoms with Crippen LogP contribution in [0, 0.1) is 5.82 Å². The molecule has 30 heavy (non-hydrogen) atoms. The standard InChI is InChI=1S/C22H25FN4O2S/c1-15-13-25(8-9-26(15)22(29)24(2)3)20(28)19-12-17-7-10-30-21(17)27(19)14-16-5-4-6-18(23)11-16/h4-7,10-12,15H,8-9,13-14H2,1-3H3. The van der Waals surface area contributed by atoms with Gasteiger partial charge in [-0.15, -0.1) is 11.3 Å². The Morgan fingerprint density at radius 3 is 2.70 bits per heavy atom. The number of hydrogen-bond donors (Lipinski definition) is 0. The van der Waals surface area contributed by atoms with Crippen LogP contribution in [0.25, 0.3) is 10.2 Å². The van der Waals surface area contributed by atoms with Gasteiger partial charge in [0.05, 0.1) is 0 Å². The summed E-state index contributed by atoms with van der Waals surface area (Å²) in [7, 11) is 3.47. The minimum absolute atomic E-state index is 0.0374. The molecule has 1 aliphatic rings. The summed E-state index contributed by atoms with van der Waals surface area (Å²) in [6, 6.07) is 10.3. The van der Waals surface area contributed by atoms with Crippen LogP contribution in [0.4, 0.5) is 9.18 Å². The highest BCUT2D eigenvalue weighted by atomic mass is 32.1. The zero-order valence-electron chi connectivity index (χ0n) is 17.3. The molecule has 4 rings (SSSR count). The quantitative estimate of drug-likeness (QED) is 0.639. The number of hydrogen-bond acceptors (Lipinski definition) is 3. The molecule has 1 aliphatic heterocycles. The van der Waals surface area contributed by atoms with Crippen molar-refractivity contribution in [1.29, 1.82) is 0 Å². The second-order valence-corrected chi connectivity index (χ2v) is 8.79. The lowest BCUT2D eigenvalue weighted by atomic mass is 10.1. The fourth-order valence-electron chi connectivity index (χ4n) is 3.97.